The fraction of sp³-hybridized carbons (Fsp3) is 1.00. The molecule has 0 aliphatic carbocycles. The molecule has 0 unspecified atom stereocenters. The van der Waals surface area contributed by atoms with Gasteiger partial charge >= 0.3 is 0 Å². The van der Waals surface area contributed by atoms with Crippen molar-refractivity contribution in [3.8, 4) is 0 Å². The van der Waals surface area contributed by atoms with Crippen LogP contribution < -0.4 is 0 Å². The predicted molar refractivity (Wildman–Crippen MR) is 94.1 cm³/mol. The molecule has 0 saturated heterocycles. The van der Waals surface area contributed by atoms with Gasteiger partial charge in [0.1, 0.15) is 0 Å². The van der Waals surface area contributed by atoms with Gasteiger partial charge in [-0.1, -0.05) is 125 Å². The number of rotatable bonds is 10. The first-order valence-corrected chi connectivity index (χ1v) is 9.24. The van der Waals surface area contributed by atoms with Crippen LogP contribution in [0.1, 0.15) is 125 Å². The molecule has 0 aliphatic heterocycles. The highest BCUT2D eigenvalue weighted by molar-refractivity contribution is 4.39. The molecule has 0 aliphatic rings. The standard InChI is InChI=1S/C8H18.C6H14.C5H12/c1-3-5-7-8-6-4-2;1-3-5-6-4-2;1-3-5-4-2/h3-8H2,1-2H3;3-6H2,1-2H3;3-5H2,1-2H3. The molecule has 0 nitrogen and oxygen atoms in total. The van der Waals surface area contributed by atoms with Crippen LogP contribution in [0.5, 0.6) is 0 Å². The van der Waals surface area contributed by atoms with Crippen LogP contribution in [0, 0.1) is 0 Å². The van der Waals surface area contributed by atoms with Gasteiger partial charge in [0, 0.05) is 0 Å². The Kier molecular flexibility index (Phi) is 39.0. The smallest absolute Gasteiger partial charge is 0.0533 e. The summed E-state index contributed by atoms with van der Waals surface area (Å²) in [6.45, 7) is 13.4. The Morgan fingerprint density at radius 1 is 0.263 bits per heavy atom. The van der Waals surface area contributed by atoms with E-state index in [-0.39, 0.29) is 0 Å². The third-order valence-electron chi connectivity index (χ3n) is 3.12. The summed E-state index contributed by atoms with van der Waals surface area (Å²) in [7, 11) is 0. The normalized spacial score (nSPS) is 9.16. The van der Waals surface area contributed by atoms with E-state index in [2.05, 4.69) is 41.5 Å². The van der Waals surface area contributed by atoms with Gasteiger partial charge in [-0.15, -0.1) is 0 Å². The topological polar surface area (TPSA) is 0 Å². The molecule has 0 aromatic heterocycles. The number of hydrogen-bond acceptors (Lipinski definition) is 0. The van der Waals surface area contributed by atoms with Crippen molar-refractivity contribution in [2.45, 2.75) is 125 Å². The molecule has 120 valence electrons. The van der Waals surface area contributed by atoms with Crippen molar-refractivity contribution in [3.63, 3.8) is 0 Å². The van der Waals surface area contributed by atoms with Crippen LogP contribution in [0.4, 0.5) is 0 Å². The summed E-state index contributed by atoms with van der Waals surface area (Å²) in [5.41, 5.74) is 0. The molecule has 19 heavy (non-hydrogen) atoms. The average molecular weight is 273 g/mol. The fourth-order valence-electron chi connectivity index (χ4n) is 1.71. The lowest BCUT2D eigenvalue weighted by Gasteiger charge is -1.93. The van der Waals surface area contributed by atoms with E-state index in [9.17, 15) is 0 Å². The summed E-state index contributed by atoms with van der Waals surface area (Å²) in [6, 6.07) is 0. The third-order valence-corrected chi connectivity index (χ3v) is 3.12. The molecule has 0 radical (unpaired) electrons. The molecule has 0 aromatic carbocycles. The van der Waals surface area contributed by atoms with Crippen LogP contribution in [0.2, 0.25) is 0 Å². The van der Waals surface area contributed by atoms with E-state index >= 15 is 0 Å². The van der Waals surface area contributed by atoms with Gasteiger partial charge in [0.05, 0.1) is 0 Å². The summed E-state index contributed by atoms with van der Waals surface area (Å²) in [5, 5.41) is 0. The van der Waals surface area contributed by atoms with E-state index in [1.54, 1.807) is 0 Å². The summed E-state index contributed by atoms with van der Waals surface area (Å²) in [6.07, 6.45) is 18.1. The molecule has 0 heteroatoms. The number of hydrogen-bond donors (Lipinski definition) is 0. The predicted octanol–water partition coefficient (Wildman–Crippen LogP) is 8.15. The van der Waals surface area contributed by atoms with Gasteiger partial charge in [0.15, 0.2) is 0 Å². The Hall–Kier alpha value is 0. The Morgan fingerprint density at radius 3 is 0.632 bits per heavy atom. The Morgan fingerprint density at radius 2 is 0.474 bits per heavy atom. The molecule has 0 spiro atoms. The first-order valence-electron chi connectivity index (χ1n) is 9.24. The van der Waals surface area contributed by atoms with Crippen LogP contribution >= 0.6 is 0 Å². The minimum atomic E-state index is 1.34. The van der Waals surface area contributed by atoms with Crippen LogP contribution in [-0.2, 0) is 0 Å². The lowest BCUT2D eigenvalue weighted by molar-refractivity contribution is 0.624. The fourth-order valence-corrected chi connectivity index (χ4v) is 1.71. The maximum Gasteiger partial charge on any atom is -0.0533 e. The van der Waals surface area contributed by atoms with Gasteiger partial charge in [-0.05, 0) is 0 Å². The van der Waals surface area contributed by atoms with Crippen molar-refractivity contribution in [1.82, 2.24) is 0 Å². The summed E-state index contributed by atoms with van der Waals surface area (Å²) in [5.74, 6) is 0. The molecule has 0 bridgehead atoms. The molecule has 0 amide bonds. The SMILES string of the molecule is CCCCC.CCCCCC.CCCCCCCC. The molecule has 0 aromatic rings. The second-order valence-corrected chi connectivity index (χ2v) is 5.47. The molecule has 0 rings (SSSR count). The zero-order valence-electron chi connectivity index (χ0n) is 15.2. The maximum absolute atomic E-state index is 2.26. The van der Waals surface area contributed by atoms with E-state index in [4.69, 9.17) is 0 Å². The van der Waals surface area contributed by atoms with E-state index < -0.39 is 0 Å². The molecule has 0 saturated carbocycles. The Labute approximate surface area is 125 Å². The highest BCUT2D eigenvalue weighted by Gasteiger charge is 1.83. The molecule has 0 atom stereocenters. The zero-order chi connectivity index (χ0) is 15.2. The first-order chi connectivity index (χ1) is 9.24. The highest BCUT2D eigenvalue weighted by atomic mass is 13.9. The summed E-state index contributed by atoms with van der Waals surface area (Å²) >= 11 is 0. The Bertz CT molecular complexity index is 84.2. The van der Waals surface area contributed by atoms with Crippen LogP contribution in [0.25, 0.3) is 0 Å². The summed E-state index contributed by atoms with van der Waals surface area (Å²) < 4.78 is 0. The van der Waals surface area contributed by atoms with E-state index in [1.807, 2.05) is 0 Å². The van der Waals surface area contributed by atoms with E-state index in [0.29, 0.717) is 0 Å². The Balaban J connectivity index is -0.000000209. The van der Waals surface area contributed by atoms with Crippen molar-refractivity contribution < 1.29 is 0 Å². The van der Waals surface area contributed by atoms with Crippen molar-refractivity contribution in [2.75, 3.05) is 0 Å². The van der Waals surface area contributed by atoms with Gasteiger partial charge in [0.25, 0.3) is 0 Å². The first kappa shape index (κ1) is 24.0. The van der Waals surface area contributed by atoms with Gasteiger partial charge in [-0.2, -0.15) is 0 Å². The quantitative estimate of drug-likeness (QED) is 0.352. The van der Waals surface area contributed by atoms with E-state index in [0.717, 1.165) is 0 Å². The molecular weight excluding hydrogens is 228 g/mol. The van der Waals surface area contributed by atoms with Crippen LogP contribution in [0.3, 0.4) is 0 Å². The molecular formula is C19H44. The minimum Gasteiger partial charge on any atom is -0.0654 e. The van der Waals surface area contributed by atoms with Crippen molar-refractivity contribution >= 4 is 0 Å². The molecule has 0 N–H and O–H groups in total. The van der Waals surface area contributed by atoms with E-state index in [1.165, 1.54) is 83.5 Å². The third kappa shape index (κ3) is 46.1. The molecule has 0 fully saturated rings. The van der Waals surface area contributed by atoms with Crippen LogP contribution in [0.15, 0.2) is 0 Å². The maximum atomic E-state index is 2.26. The van der Waals surface area contributed by atoms with Gasteiger partial charge < -0.3 is 0 Å². The minimum absolute atomic E-state index is 1.34. The monoisotopic (exact) mass is 272 g/mol. The number of unbranched alkanes of at least 4 members (excludes halogenated alkanes) is 10. The highest BCUT2D eigenvalue weighted by Crippen LogP contribution is 2.03. The molecule has 0 heterocycles. The van der Waals surface area contributed by atoms with Crippen LogP contribution in [-0.4, -0.2) is 0 Å². The largest absolute Gasteiger partial charge is 0.0654 e. The van der Waals surface area contributed by atoms with Crippen molar-refractivity contribution in [1.29, 1.82) is 0 Å². The average Bonchev–Trinajstić information content (AvgIpc) is 2.44. The van der Waals surface area contributed by atoms with Crippen molar-refractivity contribution in [2.24, 2.45) is 0 Å². The van der Waals surface area contributed by atoms with Gasteiger partial charge in [-0.25, -0.2) is 0 Å². The second-order valence-electron chi connectivity index (χ2n) is 5.47. The second kappa shape index (κ2) is 30.8. The summed E-state index contributed by atoms with van der Waals surface area (Å²) in [4.78, 5) is 0. The van der Waals surface area contributed by atoms with Crippen molar-refractivity contribution in [3.05, 3.63) is 0 Å². The van der Waals surface area contributed by atoms with Gasteiger partial charge in [0.2, 0.25) is 0 Å². The lowest BCUT2D eigenvalue weighted by Crippen LogP contribution is -1.73. The zero-order valence-corrected chi connectivity index (χ0v) is 15.2. The van der Waals surface area contributed by atoms with Gasteiger partial charge in [-0.3, -0.25) is 0 Å². The lowest BCUT2D eigenvalue weighted by atomic mass is 10.1.